The van der Waals surface area contributed by atoms with Crippen LogP contribution >= 0.6 is 15.9 Å². The lowest BCUT2D eigenvalue weighted by Crippen LogP contribution is -2.15. The maximum absolute atomic E-state index is 11.9. The first-order chi connectivity index (χ1) is 4.74. The number of hydrogen-bond acceptors (Lipinski definition) is 1. The summed E-state index contributed by atoms with van der Waals surface area (Å²) in [6, 6.07) is 2.93. The minimum absolute atomic E-state index is 0.336. The first-order valence-corrected chi connectivity index (χ1v) is 3.45. The van der Waals surface area contributed by atoms with Crippen LogP contribution in [0.3, 0.4) is 0 Å². The third kappa shape index (κ3) is 1.44. The molecule has 0 unspecified atom stereocenters. The predicted molar refractivity (Wildman–Crippen MR) is 39.5 cm³/mol. The van der Waals surface area contributed by atoms with E-state index in [1.165, 1.54) is 12.3 Å². The van der Waals surface area contributed by atoms with Crippen molar-refractivity contribution in [1.29, 1.82) is 0 Å². The number of aromatic nitrogens is 1. The maximum atomic E-state index is 11.9. The third-order valence-electron chi connectivity index (χ3n) is 1.09. The average Bonchev–Trinajstić information content (AvgIpc) is 1.88. The van der Waals surface area contributed by atoms with Crippen LogP contribution in [0, 0.1) is 0 Å². The summed E-state index contributed by atoms with van der Waals surface area (Å²) in [4.78, 5) is 10.8. The van der Waals surface area contributed by atoms with Gasteiger partial charge in [0.1, 0.15) is 0 Å². The lowest BCUT2D eigenvalue weighted by Gasteiger charge is -1.96. The number of alkyl halides is 1. The first kappa shape index (κ1) is 7.47. The van der Waals surface area contributed by atoms with Gasteiger partial charge < -0.3 is 0 Å². The van der Waals surface area contributed by atoms with Gasteiger partial charge in [0, 0.05) is 16.7 Å². The highest BCUT2D eigenvalue weighted by Crippen LogP contribution is 2.03. The van der Waals surface area contributed by atoms with E-state index in [0.717, 1.165) is 4.57 Å². The fraction of sp³-hybridized carbons (Fsp3) is 0.167. The lowest BCUT2D eigenvalue weighted by atomic mass is 10.5. The van der Waals surface area contributed by atoms with Gasteiger partial charge in [-0.2, -0.15) is 0 Å². The molecule has 0 spiro atoms. The fourth-order valence-electron chi connectivity index (χ4n) is 0.582. The van der Waals surface area contributed by atoms with Crippen molar-refractivity contribution < 1.29 is 4.39 Å². The van der Waals surface area contributed by atoms with E-state index < -0.39 is 6.80 Å². The summed E-state index contributed by atoms with van der Waals surface area (Å²) in [7, 11) is 0. The Labute approximate surface area is 65.4 Å². The number of nitrogens with zero attached hydrogens (tertiary/aromatic N) is 1. The van der Waals surface area contributed by atoms with Crippen molar-refractivity contribution >= 4 is 15.9 Å². The van der Waals surface area contributed by atoms with Crippen molar-refractivity contribution in [2.75, 3.05) is 0 Å². The van der Waals surface area contributed by atoms with E-state index in [4.69, 9.17) is 0 Å². The van der Waals surface area contributed by atoms with Gasteiger partial charge in [-0.15, -0.1) is 0 Å². The molecule has 1 rings (SSSR count). The molecule has 4 heteroatoms. The topological polar surface area (TPSA) is 22.0 Å². The Kier molecular flexibility index (Phi) is 2.21. The quantitative estimate of drug-likeness (QED) is 0.682. The molecule has 54 valence electrons. The molecule has 10 heavy (non-hydrogen) atoms. The Bertz CT molecular complexity index is 283. The summed E-state index contributed by atoms with van der Waals surface area (Å²) in [6.07, 6.45) is 1.40. The second-order valence-electron chi connectivity index (χ2n) is 1.77. The summed E-state index contributed by atoms with van der Waals surface area (Å²) in [5.41, 5.74) is -0.336. The molecule has 0 aliphatic carbocycles. The molecule has 0 saturated carbocycles. The van der Waals surface area contributed by atoms with E-state index in [1.807, 2.05) is 0 Å². The van der Waals surface area contributed by atoms with E-state index in [0.29, 0.717) is 4.47 Å². The molecule has 0 atom stereocenters. The highest BCUT2D eigenvalue weighted by Gasteiger charge is 1.92. The number of halogens is 2. The van der Waals surface area contributed by atoms with Gasteiger partial charge in [0.25, 0.3) is 5.56 Å². The number of hydrogen-bond donors (Lipinski definition) is 0. The standard InChI is InChI=1S/C6H5BrFNO/c7-5-1-2-9(4-8)6(10)3-5/h1-3H,4H2. The van der Waals surface area contributed by atoms with Crippen molar-refractivity contribution in [3.63, 3.8) is 0 Å². The Morgan fingerprint density at radius 3 is 2.90 bits per heavy atom. The van der Waals surface area contributed by atoms with Crippen LogP contribution in [0.2, 0.25) is 0 Å². The van der Waals surface area contributed by atoms with Gasteiger partial charge in [-0.3, -0.25) is 9.36 Å². The van der Waals surface area contributed by atoms with E-state index >= 15 is 0 Å². The van der Waals surface area contributed by atoms with E-state index in [9.17, 15) is 9.18 Å². The highest BCUT2D eigenvalue weighted by atomic mass is 79.9. The monoisotopic (exact) mass is 205 g/mol. The Morgan fingerprint density at radius 1 is 1.70 bits per heavy atom. The fourth-order valence-corrected chi connectivity index (χ4v) is 0.896. The van der Waals surface area contributed by atoms with Gasteiger partial charge in [-0.1, -0.05) is 15.9 Å². The van der Waals surface area contributed by atoms with Crippen LogP contribution in [0.15, 0.2) is 27.6 Å². The van der Waals surface area contributed by atoms with Crippen molar-refractivity contribution in [2.24, 2.45) is 0 Å². The Balaban J connectivity index is 3.20. The predicted octanol–water partition coefficient (Wildman–Crippen LogP) is 1.54. The molecule has 0 aliphatic rings. The second kappa shape index (κ2) is 2.96. The van der Waals surface area contributed by atoms with Crippen molar-refractivity contribution in [1.82, 2.24) is 4.57 Å². The minimum Gasteiger partial charge on any atom is -0.287 e. The van der Waals surface area contributed by atoms with E-state index in [1.54, 1.807) is 6.07 Å². The maximum Gasteiger partial charge on any atom is 0.253 e. The SMILES string of the molecule is O=c1cc(Br)ccn1CF. The molecule has 1 heterocycles. The minimum atomic E-state index is -0.772. The van der Waals surface area contributed by atoms with Crippen LogP contribution < -0.4 is 5.56 Å². The molecule has 1 aromatic heterocycles. The summed E-state index contributed by atoms with van der Waals surface area (Å²) < 4.78 is 13.5. The zero-order chi connectivity index (χ0) is 7.56. The summed E-state index contributed by atoms with van der Waals surface area (Å²) >= 11 is 3.09. The normalized spacial score (nSPS) is 9.80. The van der Waals surface area contributed by atoms with Crippen LogP contribution in [0.4, 0.5) is 4.39 Å². The van der Waals surface area contributed by atoms with Crippen molar-refractivity contribution in [2.45, 2.75) is 6.80 Å². The van der Waals surface area contributed by atoms with Gasteiger partial charge >= 0.3 is 0 Å². The number of pyridine rings is 1. The molecule has 0 aromatic carbocycles. The first-order valence-electron chi connectivity index (χ1n) is 2.66. The van der Waals surface area contributed by atoms with Crippen LogP contribution in [0.25, 0.3) is 0 Å². The van der Waals surface area contributed by atoms with Gasteiger partial charge in [0.2, 0.25) is 0 Å². The summed E-state index contributed by atoms with van der Waals surface area (Å²) in [5.74, 6) is 0. The largest absolute Gasteiger partial charge is 0.287 e. The van der Waals surface area contributed by atoms with Crippen molar-refractivity contribution in [3.8, 4) is 0 Å². The summed E-state index contributed by atoms with van der Waals surface area (Å²) in [6.45, 7) is -0.772. The third-order valence-corrected chi connectivity index (χ3v) is 1.58. The van der Waals surface area contributed by atoms with E-state index in [-0.39, 0.29) is 5.56 Å². The van der Waals surface area contributed by atoms with Gasteiger partial charge in [-0.25, -0.2) is 4.39 Å². The van der Waals surface area contributed by atoms with Crippen LogP contribution in [-0.2, 0) is 6.80 Å². The molecule has 2 nitrogen and oxygen atoms in total. The molecular formula is C6H5BrFNO. The molecule has 0 fully saturated rings. The van der Waals surface area contributed by atoms with Crippen LogP contribution in [-0.4, -0.2) is 4.57 Å². The Hall–Kier alpha value is -0.640. The van der Waals surface area contributed by atoms with Gasteiger partial charge in [0.05, 0.1) is 0 Å². The highest BCUT2D eigenvalue weighted by molar-refractivity contribution is 9.10. The Morgan fingerprint density at radius 2 is 2.40 bits per heavy atom. The molecule has 0 radical (unpaired) electrons. The van der Waals surface area contributed by atoms with Crippen molar-refractivity contribution in [3.05, 3.63) is 33.2 Å². The number of rotatable bonds is 1. The van der Waals surface area contributed by atoms with Gasteiger partial charge in [-0.05, 0) is 6.07 Å². The lowest BCUT2D eigenvalue weighted by molar-refractivity contribution is 0.369. The molecule has 1 aromatic rings. The zero-order valence-corrected chi connectivity index (χ0v) is 6.64. The molecule has 0 aliphatic heterocycles. The van der Waals surface area contributed by atoms with E-state index in [2.05, 4.69) is 15.9 Å². The molecule has 0 amide bonds. The van der Waals surface area contributed by atoms with Crippen LogP contribution in [0.1, 0.15) is 0 Å². The van der Waals surface area contributed by atoms with Gasteiger partial charge in [0.15, 0.2) is 6.80 Å². The second-order valence-corrected chi connectivity index (χ2v) is 2.69. The van der Waals surface area contributed by atoms with Crippen LogP contribution in [0.5, 0.6) is 0 Å². The molecule has 0 N–H and O–H groups in total. The average molecular weight is 206 g/mol. The zero-order valence-electron chi connectivity index (χ0n) is 5.05. The molecule has 0 saturated heterocycles. The smallest absolute Gasteiger partial charge is 0.253 e. The summed E-state index contributed by atoms with van der Waals surface area (Å²) in [5, 5.41) is 0. The molecule has 0 bridgehead atoms. The molecular weight excluding hydrogens is 201 g/mol.